The van der Waals surface area contributed by atoms with Crippen molar-refractivity contribution < 1.29 is 17.9 Å². The molecule has 11 heavy (non-hydrogen) atoms. The Bertz CT molecular complexity index is 349. The molecule has 0 bridgehead atoms. The van der Waals surface area contributed by atoms with E-state index >= 15 is 0 Å². The molecule has 1 aromatic heterocycles. The first-order valence-corrected chi connectivity index (χ1v) is 4.75. The fraction of sp³-hybridized carbons (Fsp3) is 0.333. The summed E-state index contributed by atoms with van der Waals surface area (Å²) < 4.78 is 25.1. The van der Waals surface area contributed by atoms with Gasteiger partial charge in [0.15, 0.2) is 0 Å². The number of nitrogens with zero attached hydrogens (tertiary/aromatic N) is 2. The van der Waals surface area contributed by atoms with Gasteiger partial charge in [0, 0.05) is 22.8 Å². The monoisotopic (exact) mass is 198 g/mol. The van der Waals surface area contributed by atoms with Crippen LogP contribution < -0.4 is 4.90 Å². The molecule has 0 aliphatic carbocycles. The van der Waals surface area contributed by atoms with Crippen LogP contribution in [-0.2, 0) is 9.05 Å². The summed E-state index contributed by atoms with van der Waals surface area (Å²) in [4.78, 5) is -0.252. The smallest absolute Gasteiger partial charge is 0.326 e. The Hall–Kier alpha value is -0.820. The highest BCUT2D eigenvalue weighted by Crippen LogP contribution is 2.12. The van der Waals surface area contributed by atoms with Crippen LogP contribution in [0.4, 0.5) is 0 Å². The van der Waals surface area contributed by atoms with Crippen molar-refractivity contribution in [2.24, 2.45) is 0 Å². The topological polar surface area (TPSA) is 87.1 Å². The second-order valence-electron chi connectivity index (χ2n) is 1.76. The number of aryl methyl sites for hydroxylation is 1. The predicted octanol–water partition coefficient (Wildman–Crippen LogP) is -0.456. The van der Waals surface area contributed by atoms with Crippen molar-refractivity contribution in [1.29, 1.82) is 0 Å². The molecule has 0 N–H and O–H groups in total. The molecule has 8 heteroatoms. The maximum atomic E-state index is 10.6. The summed E-state index contributed by atoms with van der Waals surface area (Å²) in [5.41, 5.74) is -0.0602. The summed E-state index contributed by atoms with van der Waals surface area (Å²) in [6.07, 6.45) is 0. The van der Waals surface area contributed by atoms with Gasteiger partial charge in [-0.25, -0.2) is 8.42 Å². The molecule has 0 fully saturated rings. The van der Waals surface area contributed by atoms with E-state index in [1.165, 1.54) is 6.92 Å². The summed E-state index contributed by atoms with van der Waals surface area (Å²) in [5.74, 6) is 0. The van der Waals surface area contributed by atoms with Gasteiger partial charge in [-0.1, -0.05) is 0 Å². The van der Waals surface area contributed by atoms with Crippen molar-refractivity contribution in [2.45, 2.75) is 11.9 Å². The number of rotatable bonds is 1. The second-order valence-corrected chi connectivity index (χ2v) is 4.24. The summed E-state index contributed by atoms with van der Waals surface area (Å²) in [6.45, 7) is 1.30. The predicted molar refractivity (Wildman–Crippen MR) is 33.2 cm³/mol. The minimum atomic E-state index is -4.05. The lowest BCUT2D eigenvalue weighted by Gasteiger charge is -1.88. The molecular formula is C3H3ClN2O4S. The average molecular weight is 199 g/mol. The van der Waals surface area contributed by atoms with Crippen LogP contribution in [0.15, 0.2) is 9.65 Å². The molecular weight excluding hydrogens is 196 g/mol. The van der Waals surface area contributed by atoms with Crippen LogP contribution in [0, 0.1) is 12.1 Å². The van der Waals surface area contributed by atoms with Gasteiger partial charge in [0.25, 0.3) is 0 Å². The molecule has 62 valence electrons. The Balaban J connectivity index is 3.45. The Morgan fingerprint density at radius 1 is 1.73 bits per heavy atom. The van der Waals surface area contributed by atoms with E-state index < -0.39 is 14.1 Å². The van der Waals surface area contributed by atoms with Gasteiger partial charge in [-0.15, -0.1) is 0 Å². The molecule has 6 nitrogen and oxygen atoms in total. The van der Waals surface area contributed by atoms with E-state index in [0.29, 0.717) is 0 Å². The molecule has 0 aromatic carbocycles. The summed E-state index contributed by atoms with van der Waals surface area (Å²) in [6, 6.07) is 0. The van der Waals surface area contributed by atoms with Crippen molar-refractivity contribution in [3.8, 4) is 0 Å². The van der Waals surface area contributed by atoms with Gasteiger partial charge < -0.3 is 5.21 Å². The number of halogens is 1. The first-order valence-electron chi connectivity index (χ1n) is 2.44. The van der Waals surface area contributed by atoms with Gasteiger partial charge >= 0.3 is 14.1 Å². The molecule has 0 saturated heterocycles. The maximum Gasteiger partial charge on any atom is 0.326 e. The van der Waals surface area contributed by atoms with Crippen LogP contribution in [0.1, 0.15) is 5.69 Å². The maximum absolute atomic E-state index is 10.6. The fourth-order valence-corrected chi connectivity index (χ4v) is 1.68. The van der Waals surface area contributed by atoms with E-state index in [9.17, 15) is 13.6 Å². The van der Waals surface area contributed by atoms with Crippen LogP contribution in [0.3, 0.4) is 0 Å². The average Bonchev–Trinajstić information content (AvgIpc) is 2.08. The first kappa shape index (κ1) is 8.28. The zero-order valence-corrected chi connectivity index (χ0v) is 6.89. The minimum Gasteiger partial charge on any atom is -0.358 e. The Labute approximate surface area is 66.3 Å². The van der Waals surface area contributed by atoms with E-state index in [4.69, 9.17) is 10.7 Å². The third kappa shape index (κ3) is 1.43. The van der Waals surface area contributed by atoms with Gasteiger partial charge in [-0.3, -0.25) is 4.63 Å². The number of aromatic nitrogens is 2. The summed E-state index contributed by atoms with van der Waals surface area (Å²) >= 11 is 0. The number of hydrogen-bond donors (Lipinski definition) is 0. The molecule has 0 amide bonds. The highest BCUT2D eigenvalue weighted by Gasteiger charge is 2.27. The zero-order valence-electron chi connectivity index (χ0n) is 5.31. The van der Waals surface area contributed by atoms with Crippen molar-refractivity contribution in [3.05, 3.63) is 10.9 Å². The van der Waals surface area contributed by atoms with Gasteiger partial charge in [0.2, 0.25) is 5.69 Å². The molecule has 1 aromatic rings. The number of hydrogen-bond acceptors (Lipinski definition) is 5. The van der Waals surface area contributed by atoms with Crippen LogP contribution in [0.5, 0.6) is 0 Å². The van der Waals surface area contributed by atoms with Crippen molar-refractivity contribution in [3.63, 3.8) is 0 Å². The first-order chi connectivity index (χ1) is 4.93. The standard InChI is InChI=1S/C3H3ClN2O4S/c1-2-3(11(4,8)9)6(7)10-5-2/h1H3. The van der Waals surface area contributed by atoms with Crippen LogP contribution >= 0.6 is 10.7 Å². The zero-order chi connectivity index (χ0) is 8.65. The lowest BCUT2D eigenvalue weighted by Crippen LogP contribution is -2.29. The quantitative estimate of drug-likeness (QED) is 0.450. The van der Waals surface area contributed by atoms with Crippen molar-refractivity contribution in [2.75, 3.05) is 0 Å². The van der Waals surface area contributed by atoms with Crippen molar-refractivity contribution in [1.82, 2.24) is 5.16 Å². The normalized spacial score (nSPS) is 11.8. The summed E-state index contributed by atoms with van der Waals surface area (Å²) in [7, 11) is 0.807. The van der Waals surface area contributed by atoms with E-state index in [2.05, 4.69) is 9.79 Å². The van der Waals surface area contributed by atoms with Crippen LogP contribution in [0.25, 0.3) is 0 Å². The molecule has 0 radical (unpaired) electrons. The molecule has 1 rings (SSSR count). The Morgan fingerprint density at radius 2 is 2.27 bits per heavy atom. The highest BCUT2D eigenvalue weighted by molar-refractivity contribution is 8.13. The van der Waals surface area contributed by atoms with E-state index in [1.54, 1.807) is 0 Å². The lowest BCUT2D eigenvalue weighted by molar-refractivity contribution is -0.832. The third-order valence-corrected chi connectivity index (χ3v) is 2.30. The lowest BCUT2D eigenvalue weighted by atomic mass is 10.6. The largest absolute Gasteiger partial charge is 0.358 e. The van der Waals surface area contributed by atoms with Gasteiger partial charge in [0.05, 0.1) is 0 Å². The highest BCUT2D eigenvalue weighted by atomic mass is 35.7. The Kier molecular flexibility index (Phi) is 1.77. The fourth-order valence-electron chi connectivity index (χ4n) is 0.572. The molecule has 1 heterocycles. The molecule has 0 atom stereocenters. The minimum absolute atomic E-state index is 0.0602. The summed E-state index contributed by atoms with van der Waals surface area (Å²) in [5, 5.41) is 12.9. The van der Waals surface area contributed by atoms with Gasteiger partial charge in [-0.05, 0) is 4.90 Å². The van der Waals surface area contributed by atoms with Crippen LogP contribution in [0.2, 0.25) is 0 Å². The molecule has 0 unspecified atom stereocenters. The van der Waals surface area contributed by atoms with E-state index in [-0.39, 0.29) is 10.6 Å². The van der Waals surface area contributed by atoms with Crippen molar-refractivity contribution >= 4 is 19.7 Å². The SMILES string of the molecule is Cc1no[n+]([O-])c1S(=O)(=O)Cl. The van der Waals surface area contributed by atoms with E-state index in [1.807, 2.05) is 0 Å². The third-order valence-electron chi connectivity index (χ3n) is 0.958. The van der Waals surface area contributed by atoms with E-state index in [0.717, 1.165) is 0 Å². The van der Waals surface area contributed by atoms with Crippen LogP contribution in [-0.4, -0.2) is 13.6 Å². The van der Waals surface area contributed by atoms with Gasteiger partial charge in [-0.2, -0.15) is 0 Å². The Morgan fingerprint density at radius 3 is 2.45 bits per heavy atom. The molecule has 0 aliphatic rings. The molecule has 0 saturated carbocycles. The molecule has 0 aliphatic heterocycles. The van der Waals surface area contributed by atoms with Gasteiger partial charge in [0.1, 0.15) is 0 Å². The molecule has 0 spiro atoms. The second kappa shape index (κ2) is 2.35.